The molecule has 5 nitrogen and oxygen atoms in total. The van der Waals surface area contributed by atoms with Gasteiger partial charge in [-0.1, -0.05) is 55.8 Å². The summed E-state index contributed by atoms with van der Waals surface area (Å²) in [4.78, 5) is 24.5. The normalized spacial score (nSPS) is 11.5. The summed E-state index contributed by atoms with van der Waals surface area (Å²) in [5.74, 6) is -0.511. The molecule has 0 spiro atoms. The zero-order valence-corrected chi connectivity index (χ0v) is 15.5. The molecule has 2 rings (SSSR count). The fourth-order valence-corrected chi connectivity index (χ4v) is 2.65. The molecule has 27 heavy (non-hydrogen) atoms. The van der Waals surface area contributed by atoms with Crippen LogP contribution in [0.1, 0.15) is 30.9 Å². The number of nitrogens with one attached hydrogen (secondary N) is 3. The Morgan fingerprint density at radius 2 is 1.67 bits per heavy atom. The number of halogens is 1. The highest BCUT2D eigenvalue weighted by Gasteiger charge is 2.19. The molecule has 0 aliphatic heterocycles. The van der Waals surface area contributed by atoms with Crippen molar-refractivity contribution in [3.63, 3.8) is 0 Å². The van der Waals surface area contributed by atoms with Crippen molar-refractivity contribution in [3.8, 4) is 0 Å². The van der Waals surface area contributed by atoms with Gasteiger partial charge in [-0.05, 0) is 36.1 Å². The van der Waals surface area contributed by atoms with E-state index < -0.39 is 12.1 Å². The van der Waals surface area contributed by atoms with Crippen LogP contribution in [0.5, 0.6) is 0 Å². The van der Waals surface area contributed by atoms with Gasteiger partial charge in [-0.3, -0.25) is 4.79 Å². The van der Waals surface area contributed by atoms with Crippen LogP contribution in [-0.2, 0) is 17.8 Å². The van der Waals surface area contributed by atoms with Gasteiger partial charge in [-0.2, -0.15) is 0 Å². The van der Waals surface area contributed by atoms with E-state index in [1.54, 1.807) is 12.1 Å². The summed E-state index contributed by atoms with van der Waals surface area (Å²) in [6.45, 7) is 2.74. The highest BCUT2D eigenvalue weighted by atomic mass is 19.1. The molecule has 0 fully saturated rings. The second-order valence-corrected chi connectivity index (χ2v) is 6.32. The third kappa shape index (κ3) is 7.48. The van der Waals surface area contributed by atoms with E-state index in [0.29, 0.717) is 13.0 Å². The Labute approximate surface area is 159 Å². The Hall–Kier alpha value is -2.89. The number of amides is 3. The monoisotopic (exact) mass is 371 g/mol. The van der Waals surface area contributed by atoms with Crippen molar-refractivity contribution in [2.75, 3.05) is 6.54 Å². The van der Waals surface area contributed by atoms with Crippen molar-refractivity contribution in [1.82, 2.24) is 16.0 Å². The molecule has 6 heteroatoms. The smallest absolute Gasteiger partial charge is 0.315 e. The maximum absolute atomic E-state index is 12.9. The van der Waals surface area contributed by atoms with Crippen LogP contribution in [0.2, 0.25) is 0 Å². The van der Waals surface area contributed by atoms with Crippen LogP contribution in [-0.4, -0.2) is 24.5 Å². The predicted molar refractivity (Wildman–Crippen MR) is 104 cm³/mol. The van der Waals surface area contributed by atoms with Gasteiger partial charge in [0.15, 0.2) is 0 Å². The number of benzene rings is 2. The van der Waals surface area contributed by atoms with Crippen LogP contribution >= 0.6 is 0 Å². The van der Waals surface area contributed by atoms with Crippen LogP contribution in [0.4, 0.5) is 9.18 Å². The third-order valence-electron chi connectivity index (χ3n) is 4.12. The topological polar surface area (TPSA) is 70.2 Å². The van der Waals surface area contributed by atoms with Crippen LogP contribution in [0, 0.1) is 5.82 Å². The van der Waals surface area contributed by atoms with Crippen molar-refractivity contribution in [1.29, 1.82) is 0 Å². The molecule has 1 atom stereocenters. The lowest BCUT2D eigenvalue weighted by Crippen LogP contribution is -2.50. The van der Waals surface area contributed by atoms with Crippen LogP contribution < -0.4 is 16.0 Å². The van der Waals surface area contributed by atoms with Gasteiger partial charge in [0.1, 0.15) is 11.9 Å². The zero-order valence-electron chi connectivity index (χ0n) is 15.5. The summed E-state index contributed by atoms with van der Waals surface area (Å²) in [5.41, 5.74) is 1.93. The minimum atomic E-state index is -0.584. The van der Waals surface area contributed by atoms with Crippen molar-refractivity contribution in [2.24, 2.45) is 0 Å². The molecular weight excluding hydrogens is 345 g/mol. The summed E-state index contributed by atoms with van der Waals surface area (Å²) >= 11 is 0. The fraction of sp³-hybridized carbons (Fsp3) is 0.333. The number of carbonyl (C=O) groups excluding carboxylic acids is 2. The molecule has 0 saturated carbocycles. The largest absolute Gasteiger partial charge is 0.354 e. The Balaban J connectivity index is 1.77. The standard InChI is InChI=1S/C21H26FN3O2/c1-2-6-19(20(26)23-14-13-16-7-4-3-5-8-16)25-21(27)24-15-17-9-11-18(22)12-10-17/h3-5,7-12,19H,2,6,13-15H2,1H3,(H,23,26)(H2,24,25,27). The first-order valence-electron chi connectivity index (χ1n) is 9.19. The summed E-state index contributed by atoms with van der Waals surface area (Å²) in [6, 6.07) is 14.8. The molecule has 2 aromatic carbocycles. The first-order valence-corrected chi connectivity index (χ1v) is 9.19. The van der Waals surface area contributed by atoms with Gasteiger partial charge in [-0.25, -0.2) is 9.18 Å². The quantitative estimate of drug-likeness (QED) is 0.634. The summed E-state index contributed by atoms with van der Waals surface area (Å²) in [7, 11) is 0. The van der Waals surface area contributed by atoms with Crippen LogP contribution in [0.25, 0.3) is 0 Å². The molecule has 1 unspecified atom stereocenters. The first kappa shape index (κ1) is 20.4. The summed E-state index contributed by atoms with van der Waals surface area (Å²) in [5, 5.41) is 8.28. The summed E-state index contributed by atoms with van der Waals surface area (Å²) in [6.07, 6.45) is 2.07. The predicted octanol–water partition coefficient (Wildman–Crippen LogP) is 3.15. The van der Waals surface area contributed by atoms with Crippen molar-refractivity contribution >= 4 is 11.9 Å². The van der Waals surface area contributed by atoms with Gasteiger partial charge in [0.05, 0.1) is 0 Å². The van der Waals surface area contributed by atoms with E-state index in [9.17, 15) is 14.0 Å². The number of urea groups is 1. The molecule has 0 aromatic heterocycles. The molecule has 0 aliphatic carbocycles. The Morgan fingerprint density at radius 3 is 2.33 bits per heavy atom. The van der Waals surface area contributed by atoms with Gasteiger partial charge in [-0.15, -0.1) is 0 Å². The lowest BCUT2D eigenvalue weighted by Gasteiger charge is -2.18. The molecule has 0 aliphatic rings. The third-order valence-corrected chi connectivity index (χ3v) is 4.12. The first-order chi connectivity index (χ1) is 13.1. The van der Waals surface area contributed by atoms with E-state index >= 15 is 0 Å². The maximum atomic E-state index is 12.9. The SMILES string of the molecule is CCCC(NC(=O)NCc1ccc(F)cc1)C(=O)NCCc1ccccc1. The second kappa shape index (κ2) is 11.0. The number of rotatable bonds is 9. The Morgan fingerprint density at radius 1 is 0.963 bits per heavy atom. The minimum absolute atomic E-state index is 0.190. The highest BCUT2D eigenvalue weighted by Crippen LogP contribution is 2.03. The average molecular weight is 371 g/mol. The Bertz CT molecular complexity index is 720. The van der Waals surface area contributed by atoms with Gasteiger partial charge >= 0.3 is 6.03 Å². The van der Waals surface area contributed by atoms with Crippen molar-refractivity contribution in [2.45, 2.75) is 38.8 Å². The van der Waals surface area contributed by atoms with E-state index in [1.165, 1.54) is 12.1 Å². The molecule has 0 heterocycles. The molecular formula is C21H26FN3O2. The van der Waals surface area contributed by atoms with E-state index in [-0.39, 0.29) is 18.3 Å². The van der Waals surface area contributed by atoms with Crippen LogP contribution in [0.3, 0.4) is 0 Å². The molecule has 0 radical (unpaired) electrons. The molecule has 3 amide bonds. The molecule has 0 bridgehead atoms. The second-order valence-electron chi connectivity index (χ2n) is 6.32. The van der Waals surface area contributed by atoms with Gasteiger partial charge in [0.2, 0.25) is 5.91 Å². The van der Waals surface area contributed by atoms with Crippen LogP contribution in [0.15, 0.2) is 54.6 Å². The Kier molecular flexibility index (Phi) is 8.29. The molecule has 3 N–H and O–H groups in total. The van der Waals surface area contributed by atoms with Crippen molar-refractivity contribution in [3.05, 3.63) is 71.5 Å². The fourth-order valence-electron chi connectivity index (χ4n) is 2.65. The number of carbonyl (C=O) groups is 2. The van der Waals surface area contributed by atoms with E-state index in [1.807, 2.05) is 37.3 Å². The number of hydrogen-bond acceptors (Lipinski definition) is 2. The van der Waals surface area contributed by atoms with E-state index in [4.69, 9.17) is 0 Å². The number of hydrogen-bond donors (Lipinski definition) is 3. The molecule has 2 aromatic rings. The van der Waals surface area contributed by atoms with Gasteiger partial charge in [0.25, 0.3) is 0 Å². The lowest BCUT2D eigenvalue weighted by molar-refractivity contribution is -0.123. The van der Waals surface area contributed by atoms with E-state index in [0.717, 1.165) is 24.0 Å². The summed E-state index contributed by atoms with van der Waals surface area (Å²) < 4.78 is 12.9. The maximum Gasteiger partial charge on any atom is 0.315 e. The van der Waals surface area contributed by atoms with Crippen molar-refractivity contribution < 1.29 is 14.0 Å². The zero-order chi connectivity index (χ0) is 19.5. The average Bonchev–Trinajstić information content (AvgIpc) is 2.68. The van der Waals surface area contributed by atoms with Gasteiger partial charge in [0, 0.05) is 13.1 Å². The highest BCUT2D eigenvalue weighted by molar-refractivity contribution is 5.86. The van der Waals surface area contributed by atoms with Gasteiger partial charge < -0.3 is 16.0 Å². The minimum Gasteiger partial charge on any atom is -0.354 e. The van der Waals surface area contributed by atoms with E-state index in [2.05, 4.69) is 16.0 Å². The molecule has 0 saturated heterocycles. The lowest BCUT2D eigenvalue weighted by atomic mass is 10.1. The molecule has 144 valence electrons.